The lowest BCUT2D eigenvalue weighted by atomic mass is 9.86. The Morgan fingerprint density at radius 1 is 1.15 bits per heavy atom. The molecule has 0 aliphatic heterocycles. The van der Waals surface area contributed by atoms with E-state index in [1.165, 1.54) is 10.8 Å². The van der Waals surface area contributed by atoms with Gasteiger partial charge in [0.05, 0.1) is 30.8 Å². The van der Waals surface area contributed by atoms with Crippen molar-refractivity contribution in [2.45, 2.75) is 69.6 Å². The van der Waals surface area contributed by atoms with Crippen molar-refractivity contribution in [2.24, 2.45) is 5.92 Å². The zero-order valence-electron chi connectivity index (χ0n) is 26.0. The Kier molecular flexibility index (Phi) is 7.34. The lowest BCUT2D eigenvalue weighted by molar-refractivity contribution is -0.374. The molecule has 2 saturated carbocycles. The third kappa shape index (κ3) is 5.22. The number of anilines is 2. The fraction of sp³-hybridized carbons (Fsp3) is 0.364. The molecule has 0 amide bonds. The molecule has 0 spiro atoms. The highest BCUT2D eigenvalue weighted by Gasteiger charge is 2.62. The second kappa shape index (κ2) is 11.2. The van der Waals surface area contributed by atoms with E-state index in [2.05, 4.69) is 16.9 Å². The van der Waals surface area contributed by atoms with Gasteiger partial charge < -0.3 is 25.4 Å². The number of carbonyl (C=O) groups is 1. The highest BCUT2D eigenvalue weighted by Crippen LogP contribution is 2.52. The summed E-state index contributed by atoms with van der Waals surface area (Å²) in [6.45, 7) is 8.04. The minimum Gasteiger partial charge on any atom is -0.459 e. The van der Waals surface area contributed by atoms with Crippen LogP contribution in [0.5, 0.6) is 0 Å². The summed E-state index contributed by atoms with van der Waals surface area (Å²) >= 11 is 0. The predicted octanol–water partition coefficient (Wildman–Crippen LogP) is 3.42. The molecule has 4 N–H and O–H groups in total. The number of hydrogen-bond donors (Lipinski definition) is 4. The van der Waals surface area contributed by atoms with Gasteiger partial charge in [0.1, 0.15) is 18.2 Å². The number of fused-ring (bicyclic) bond motifs is 2. The van der Waals surface area contributed by atoms with Gasteiger partial charge in [0.15, 0.2) is 11.2 Å². The number of rotatable bonds is 9. The number of hydrogen-bond acceptors (Lipinski definition) is 10. The molecule has 0 bridgehead atoms. The quantitative estimate of drug-likeness (QED) is 0.107. The number of pyridine rings is 2. The van der Waals surface area contributed by atoms with Crippen LogP contribution in [0.2, 0.25) is 5.82 Å². The summed E-state index contributed by atoms with van der Waals surface area (Å²) in [4.78, 5) is 36.2. The number of nitrogens with zero attached hydrogens (tertiary/aromatic N) is 6. The van der Waals surface area contributed by atoms with Gasteiger partial charge in [-0.15, -0.1) is 0 Å². The standard InChI is InChI=1S/C33H34BN7O6/c1-18(2)28-23-11-12-26(37-29(23)41(38-28)32(15-19(32)3)30(42)47-17-20-7-5-4-6-8-20)36-27-14-24-25(16-35-27)40(33(44,45)46)31(43)39(24)22-10-9-21(34)13-22/h4-8,11-12,14,16,19,21-22,44-46H,1,9-10,13,15,17H2,2-3H3,(H,35,36,37). The fourth-order valence-electron chi connectivity index (χ4n) is 6.77. The smallest absolute Gasteiger partial charge is 0.377 e. The number of nitrogens with one attached hydrogen (secondary N) is 1. The molecule has 4 aromatic heterocycles. The van der Waals surface area contributed by atoms with Crippen molar-refractivity contribution in [2.75, 3.05) is 5.32 Å². The van der Waals surface area contributed by atoms with Gasteiger partial charge in [-0.05, 0) is 55.4 Å². The maximum atomic E-state index is 13.6. The van der Waals surface area contributed by atoms with Crippen LogP contribution in [0.1, 0.15) is 56.8 Å². The van der Waals surface area contributed by atoms with Gasteiger partial charge in [-0.2, -0.15) is 5.10 Å². The molecular weight excluding hydrogens is 601 g/mol. The summed E-state index contributed by atoms with van der Waals surface area (Å²) in [6, 6.07) is 14.3. The first-order chi connectivity index (χ1) is 22.4. The highest BCUT2D eigenvalue weighted by molar-refractivity contribution is 6.11. The minimum absolute atomic E-state index is 0.0276. The molecule has 2 fully saturated rings. The van der Waals surface area contributed by atoms with Crippen molar-refractivity contribution in [3.05, 3.63) is 83.0 Å². The average molecular weight is 635 g/mol. The lowest BCUT2D eigenvalue weighted by Gasteiger charge is -2.17. The Hall–Kier alpha value is -4.79. The first-order valence-electron chi connectivity index (χ1n) is 15.5. The predicted molar refractivity (Wildman–Crippen MR) is 175 cm³/mol. The molecule has 0 saturated heterocycles. The minimum atomic E-state index is -3.43. The Labute approximate surface area is 270 Å². The van der Waals surface area contributed by atoms with Crippen molar-refractivity contribution in [3.63, 3.8) is 0 Å². The van der Waals surface area contributed by atoms with Crippen LogP contribution < -0.4 is 11.0 Å². The fourth-order valence-corrected chi connectivity index (χ4v) is 6.77. The molecule has 47 heavy (non-hydrogen) atoms. The van der Waals surface area contributed by atoms with E-state index in [9.17, 15) is 24.9 Å². The molecule has 4 heterocycles. The largest absolute Gasteiger partial charge is 0.459 e. The van der Waals surface area contributed by atoms with Gasteiger partial charge >= 0.3 is 17.8 Å². The van der Waals surface area contributed by atoms with Crippen LogP contribution in [-0.2, 0) is 27.8 Å². The van der Waals surface area contributed by atoms with E-state index >= 15 is 0 Å². The molecule has 4 unspecified atom stereocenters. The number of aliphatic hydroxyl groups is 3. The summed E-state index contributed by atoms with van der Waals surface area (Å²) in [5.41, 5.74) is 1.20. The molecule has 4 atom stereocenters. The maximum absolute atomic E-state index is 13.6. The maximum Gasteiger partial charge on any atom is 0.377 e. The van der Waals surface area contributed by atoms with Crippen LogP contribution in [-0.4, -0.2) is 58.0 Å². The third-order valence-corrected chi connectivity index (χ3v) is 9.28. The molecule has 13 nitrogen and oxygen atoms in total. The van der Waals surface area contributed by atoms with Gasteiger partial charge in [0.2, 0.25) is 0 Å². The van der Waals surface area contributed by atoms with Gasteiger partial charge in [-0.3, -0.25) is 4.57 Å². The normalized spacial score (nSPS) is 22.5. The monoisotopic (exact) mass is 635 g/mol. The van der Waals surface area contributed by atoms with Crippen LogP contribution in [0.4, 0.5) is 11.6 Å². The summed E-state index contributed by atoms with van der Waals surface area (Å²) < 4.78 is 9.34. The zero-order valence-corrected chi connectivity index (χ0v) is 26.0. The SMILES string of the molecule is [B]C1CCC(n2c(=O)n(C(O)(O)O)c3cnc(Nc4ccc5c(C(=C)C)nn(C6(C(=O)OCc7ccccc7)CC6C)c5n4)cc32)C1. The van der Waals surface area contributed by atoms with Crippen molar-refractivity contribution in [1.82, 2.24) is 28.9 Å². The highest BCUT2D eigenvalue weighted by atomic mass is 16.7. The molecule has 7 rings (SSSR count). The molecule has 14 heteroatoms. The Morgan fingerprint density at radius 3 is 2.53 bits per heavy atom. The lowest BCUT2D eigenvalue weighted by Crippen LogP contribution is -2.41. The van der Waals surface area contributed by atoms with Crippen molar-refractivity contribution >= 4 is 53.1 Å². The Bertz CT molecular complexity index is 2100. The summed E-state index contributed by atoms with van der Waals surface area (Å²) in [5.74, 6) is 0.151. The number of benzene rings is 1. The Morgan fingerprint density at radius 2 is 1.89 bits per heavy atom. The van der Waals surface area contributed by atoms with Crippen LogP contribution in [0, 0.1) is 5.92 Å². The van der Waals surface area contributed by atoms with E-state index in [-0.39, 0.29) is 35.9 Å². The van der Waals surface area contributed by atoms with Crippen molar-refractivity contribution < 1.29 is 24.9 Å². The molecule has 1 aromatic carbocycles. The van der Waals surface area contributed by atoms with Crippen LogP contribution in [0.3, 0.4) is 0 Å². The van der Waals surface area contributed by atoms with Crippen molar-refractivity contribution in [3.8, 4) is 0 Å². The van der Waals surface area contributed by atoms with E-state index in [1.54, 1.807) is 16.8 Å². The first kappa shape index (κ1) is 30.8. The molecular formula is C33H34BN7O6. The number of carbonyl (C=O) groups excluding carboxylic acids is 1. The topological polar surface area (TPSA) is 170 Å². The molecule has 2 aliphatic carbocycles. The van der Waals surface area contributed by atoms with Gasteiger partial charge in [-0.1, -0.05) is 56.1 Å². The second-order valence-electron chi connectivity index (χ2n) is 12.7. The summed E-state index contributed by atoms with van der Waals surface area (Å²) in [6.07, 6.45) is 0.204. The Balaban J connectivity index is 1.27. The van der Waals surface area contributed by atoms with Gasteiger partial charge in [0.25, 0.3) is 0 Å². The molecule has 2 aliphatic rings. The second-order valence-corrected chi connectivity index (χ2v) is 12.7. The summed E-state index contributed by atoms with van der Waals surface area (Å²) in [5, 5.41) is 38.7. The molecule has 5 aromatic rings. The van der Waals surface area contributed by atoms with Crippen LogP contribution in [0.25, 0.3) is 27.6 Å². The number of aromatic nitrogens is 6. The molecule has 240 valence electrons. The van der Waals surface area contributed by atoms with Gasteiger partial charge in [-0.25, -0.2) is 28.8 Å². The van der Waals surface area contributed by atoms with Crippen LogP contribution >= 0.6 is 0 Å². The summed E-state index contributed by atoms with van der Waals surface area (Å²) in [7, 11) is 6.12. The van der Waals surface area contributed by atoms with Gasteiger partial charge in [0, 0.05) is 17.5 Å². The van der Waals surface area contributed by atoms with E-state index < -0.39 is 17.3 Å². The number of ether oxygens (including phenoxy) is 1. The van der Waals surface area contributed by atoms with E-state index in [4.69, 9.17) is 22.7 Å². The van der Waals surface area contributed by atoms with E-state index in [1.807, 2.05) is 50.2 Å². The van der Waals surface area contributed by atoms with E-state index in [0.29, 0.717) is 64.3 Å². The zero-order chi connectivity index (χ0) is 33.2. The third-order valence-electron chi connectivity index (χ3n) is 9.28. The first-order valence-corrected chi connectivity index (χ1v) is 15.5. The van der Waals surface area contributed by atoms with E-state index in [0.717, 1.165) is 10.9 Å². The average Bonchev–Trinajstić information content (AvgIpc) is 3.30. The van der Waals surface area contributed by atoms with Crippen LogP contribution in [0.15, 0.2) is 66.1 Å². The number of imidazole rings is 1. The number of allylic oxidation sites excluding steroid dienone is 1. The molecule has 2 radical (unpaired) electrons. The number of esters is 1. The van der Waals surface area contributed by atoms with Crippen molar-refractivity contribution in [1.29, 1.82) is 0 Å².